The average molecular weight is 362 g/mol. The molecule has 1 amide bonds. The van der Waals surface area contributed by atoms with Gasteiger partial charge in [0, 0.05) is 11.6 Å². The normalized spacial score (nSPS) is 10.7. The Morgan fingerprint density at radius 3 is 2.80 bits per heavy atom. The molecule has 0 unspecified atom stereocenters. The van der Waals surface area contributed by atoms with Crippen LogP contribution in [0.5, 0.6) is 5.75 Å². The molecule has 0 aliphatic carbocycles. The van der Waals surface area contributed by atoms with Crippen molar-refractivity contribution >= 4 is 29.4 Å². The number of nitro benzene ring substituents is 1. The highest BCUT2D eigenvalue weighted by Crippen LogP contribution is 2.24. The van der Waals surface area contributed by atoms with Gasteiger partial charge in [0.05, 0.1) is 11.1 Å². The smallest absolute Gasteiger partial charge is 0.288 e. The van der Waals surface area contributed by atoms with E-state index in [4.69, 9.17) is 16.3 Å². The Balaban J connectivity index is 1.91. The first kappa shape index (κ1) is 18.4. The highest BCUT2D eigenvalue weighted by molar-refractivity contribution is 6.32. The quantitative estimate of drug-likeness (QED) is 0.484. The van der Waals surface area contributed by atoms with Crippen molar-refractivity contribution in [1.82, 2.24) is 5.43 Å². The predicted octanol–water partition coefficient (Wildman–Crippen LogP) is 3.39. The topological polar surface area (TPSA) is 93.8 Å². The number of halogens is 1. The Bertz CT molecular complexity index is 837. The third kappa shape index (κ3) is 5.29. The summed E-state index contributed by atoms with van der Waals surface area (Å²) in [5.41, 5.74) is 4.47. The Kier molecular flexibility index (Phi) is 6.08. The minimum atomic E-state index is -0.587. The van der Waals surface area contributed by atoms with Crippen molar-refractivity contribution in [3.8, 4) is 5.75 Å². The molecule has 0 aromatic heterocycles. The summed E-state index contributed by atoms with van der Waals surface area (Å²) in [7, 11) is 0. The van der Waals surface area contributed by atoms with Gasteiger partial charge < -0.3 is 4.74 Å². The van der Waals surface area contributed by atoms with Crippen molar-refractivity contribution in [1.29, 1.82) is 0 Å². The molecule has 2 rings (SSSR count). The van der Waals surface area contributed by atoms with Crippen LogP contribution >= 0.6 is 11.6 Å². The monoisotopic (exact) mass is 361 g/mol. The van der Waals surface area contributed by atoms with Crippen molar-refractivity contribution < 1.29 is 14.5 Å². The van der Waals surface area contributed by atoms with Gasteiger partial charge >= 0.3 is 0 Å². The number of amides is 1. The molecule has 25 heavy (non-hydrogen) atoms. The van der Waals surface area contributed by atoms with Crippen molar-refractivity contribution in [2.24, 2.45) is 5.10 Å². The van der Waals surface area contributed by atoms with Crippen molar-refractivity contribution in [3.05, 3.63) is 68.2 Å². The van der Waals surface area contributed by atoms with Gasteiger partial charge in [0.15, 0.2) is 6.61 Å². The fourth-order valence-electron chi connectivity index (χ4n) is 1.97. The van der Waals surface area contributed by atoms with Gasteiger partial charge in [-0.3, -0.25) is 14.9 Å². The third-order valence-corrected chi connectivity index (χ3v) is 3.59. The molecule has 0 spiro atoms. The largest absolute Gasteiger partial charge is 0.483 e. The lowest BCUT2D eigenvalue weighted by Gasteiger charge is -2.08. The van der Waals surface area contributed by atoms with Crippen LogP contribution in [0.25, 0.3) is 0 Å². The summed E-state index contributed by atoms with van der Waals surface area (Å²) in [5, 5.41) is 14.6. The Labute approximate surface area is 149 Å². The van der Waals surface area contributed by atoms with Gasteiger partial charge in [-0.05, 0) is 37.1 Å². The zero-order chi connectivity index (χ0) is 18.4. The summed E-state index contributed by atoms with van der Waals surface area (Å²) in [4.78, 5) is 22.0. The molecular formula is C17H16ClN3O4. The van der Waals surface area contributed by atoms with Crippen LogP contribution < -0.4 is 10.2 Å². The molecule has 0 saturated carbocycles. The van der Waals surface area contributed by atoms with Gasteiger partial charge in [0.1, 0.15) is 10.8 Å². The van der Waals surface area contributed by atoms with E-state index in [9.17, 15) is 14.9 Å². The molecule has 0 aliphatic rings. The average Bonchev–Trinajstić information content (AvgIpc) is 2.57. The molecule has 1 N–H and O–H groups in total. The van der Waals surface area contributed by atoms with E-state index in [1.54, 1.807) is 6.07 Å². The lowest BCUT2D eigenvalue weighted by molar-refractivity contribution is -0.384. The highest BCUT2D eigenvalue weighted by atomic mass is 35.5. The second kappa shape index (κ2) is 8.25. The Morgan fingerprint density at radius 2 is 2.08 bits per heavy atom. The van der Waals surface area contributed by atoms with Gasteiger partial charge in [-0.1, -0.05) is 29.8 Å². The maximum atomic E-state index is 11.8. The first-order valence-corrected chi connectivity index (χ1v) is 7.70. The first-order valence-electron chi connectivity index (χ1n) is 7.32. The number of nitrogens with one attached hydrogen (secondary N) is 1. The van der Waals surface area contributed by atoms with Gasteiger partial charge in [-0.2, -0.15) is 5.10 Å². The van der Waals surface area contributed by atoms with Crippen LogP contribution in [0.1, 0.15) is 16.7 Å². The molecule has 7 nitrogen and oxygen atoms in total. The number of carbonyl (C=O) groups excluding carboxylic acids is 1. The standard InChI is InChI=1S/C17H16ClN3O4/c1-11-3-4-12(2)16(7-11)25-10-17(22)20-19-9-13-5-6-14(18)15(8-13)21(23)24/h3-9H,10H2,1-2H3,(H,20,22)/b19-9+. The number of nitro groups is 1. The van der Waals surface area contributed by atoms with E-state index in [0.717, 1.165) is 11.1 Å². The molecule has 0 saturated heterocycles. The van der Waals surface area contributed by atoms with Gasteiger partial charge in [-0.15, -0.1) is 0 Å². The summed E-state index contributed by atoms with van der Waals surface area (Å²) in [6.07, 6.45) is 1.29. The minimum Gasteiger partial charge on any atom is -0.483 e. The molecule has 130 valence electrons. The fraction of sp³-hybridized carbons (Fsp3) is 0.176. The van der Waals surface area contributed by atoms with E-state index in [1.807, 2.05) is 32.0 Å². The molecule has 0 aliphatic heterocycles. The predicted molar refractivity (Wildman–Crippen MR) is 95.3 cm³/mol. The zero-order valence-corrected chi connectivity index (χ0v) is 14.4. The number of carbonyl (C=O) groups is 1. The van der Waals surface area contributed by atoms with Crippen LogP contribution in [0.4, 0.5) is 5.69 Å². The summed E-state index contributed by atoms with van der Waals surface area (Å²) < 4.78 is 5.46. The SMILES string of the molecule is Cc1ccc(C)c(OCC(=O)N/N=C/c2ccc(Cl)c([N+](=O)[O-])c2)c1. The van der Waals surface area contributed by atoms with Crippen LogP contribution in [0.2, 0.25) is 5.02 Å². The number of hydrogen-bond acceptors (Lipinski definition) is 5. The minimum absolute atomic E-state index is 0.0353. The van der Waals surface area contributed by atoms with E-state index in [-0.39, 0.29) is 17.3 Å². The lowest BCUT2D eigenvalue weighted by Crippen LogP contribution is -2.24. The number of hydrogen-bond donors (Lipinski definition) is 1. The molecule has 8 heteroatoms. The van der Waals surface area contributed by atoms with E-state index >= 15 is 0 Å². The molecule has 2 aromatic rings. The molecule has 0 radical (unpaired) electrons. The number of nitrogens with zero attached hydrogens (tertiary/aromatic N) is 2. The van der Waals surface area contributed by atoms with Crippen molar-refractivity contribution in [3.63, 3.8) is 0 Å². The fourth-order valence-corrected chi connectivity index (χ4v) is 2.15. The number of ether oxygens (including phenoxy) is 1. The molecule has 2 aromatic carbocycles. The second-order valence-corrected chi connectivity index (χ2v) is 5.73. The summed E-state index contributed by atoms with van der Waals surface area (Å²) in [6.45, 7) is 3.63. The number of rotatable bonds is 6. The summed E-state index contributed by atoms with van der Waals surface area (Å²) in [5.74, 6) is 0.188. The van der Waals surface area contributed by atoms with Crippen LogP contribution in [-0.4, -0.2) is 23.7 Å². The lowest BCUT2D eigenvalue weighted by atomic mass is 10.1. The summed E-state index contributed by atoms with van der Waals surface area (Å²) >= 11 is 5.73. The van der Waals surface area contributed by atoms with E-state index < -0.39 is 10.8 Å². The van der Waals surface area contributed by atoms with E-state index in [0.29, 0.717) is 11.3 Å². The van der Waals surface area contributed by atoms with Crippen LogP contribution in [-0.2, 0) is 4.79 Å². The molecule has 0 heterocycles. The maximum Gasteiger partial charge on any atom is 0.288 e. The molecule has 0 fully saturated rings. The third-order valence-electron chi connectivity index (χ3n) is 3.27. The Morgan fingerprint density at radius 1 is 1.32 bits per heavy atom. The zero-order valence-electron chi connectivity index (χ0n) is 13.7. The van der Waals surface area contributed by atoms with E-state index in [1.165, 1.54) is 18.3 Å². The Hall–Kier alpha value is -2.93. The number of aryl methyl sites for hydroxylation is 2. The van der Waals surface area contributed by atoms with Crippen molar-refractivity contribution in [2.45, 2.75) is 13.8 Å². The van der Waals surface area contributed by atoms with Gasteiger partial charge in [0.25, 0.3) is 11.6 Å². The maximum absolute atomic E-state index is 11.8. The number of benzene rings is 2. The van der Waals surface area contributed by atoms with Crippen LogP contribution in [0, 0.1) is 24.0 Å². The van der Waals surface area contributed by atoms with Crippen LogP contribution in [0.3, 0.4) is 0 Å². The molecule has 0 atom stereocenters. The summed E-state index contributed by atoms with van der Waals surface area (Å²) in [6, 6.07) is 9.93. The first-order chi connectivity index (χ1) is 11.9. The van der Waals surface area contributed by atoms with E-state index in [2.05, 4.69) is 10.5 Å². The van der Waals surface area contributed by atoms with Gasteiger partial charge in [-0.25, -0.2) is 5.43 Å². The second-order valence-electron chi connectivity index (χ2n) is 5.32. The van der Waals surface area contributed by atoms with Crippen molar-refractivity contribution in [2.75, 3.05) is 6.61 Å². The number of hydrazone groups is 1. The van der Waals surface area contributed by atoms with Gasteiger partial charge in [0.2, 0.25) is 0 Å². The molecule has 0 bridgehead atoms. The molecular weight excluding hydrogens is 346 g/mol. The van der Waals surface area contributed by atoms with Crippen LogP contribution in [0.15, 0.2) is 41.5 Å². The highest BCUT2D eigenvalue weighted by Gasteiger charge is 2.12.